The van der Waals surface area contributed by atoms with Crippen molar-refractivity contribution in [3.05, 3.63) is 81.7 Å². The zero-order valence-electron chi connectivity index (χ0n) is 19.6. The van der Waals surface area contributed by atoms with E-state index in [1.807, 2.05) is 48.7 Å². The molecule has 2 aromatic carbocycles. The quantitative estimate of drug-likeness (QED) is 0.376. The van der Waals surface area contributed by atoms with Gasteiger partial charge in [-0.1, -0.05) is 49.6 Å². The fraction of sp³-hybridized carbons (Fsp3) is 0.379. The van der Waals surface area contributed by atoms with Gasteiger partial charge in [-0.15, -0.1) is 11.3 Å². The number of benzene rings is 2. The second kappa shape index (κ2) is 11.0. The number of amides is 1. The predicted molar refractivity (Wildman–Crippen MR) is 140 cm³/mol. The van der Waals surface area contributed by atoms with Crippen LogP contribution in [-0.2, 0) is 19.4 Å². The molecular formula is C29H32N2O2S. The van der Waals surface area contributed by atoms with Crippen molar-refractivity contribution in [2.75, 3.05) is 0 Å². The van der Waals surface area contributed by atoms with Crippen molar-refractivity contribution in [1.82, 2.24) is 5.32 Å². The first-order valence-electron chi connectivity index (χ1n) is 12.5. The molecule has 2 aliphatic rings. The van der Waals surface area contributed by atoms with Crippen LogP contribution >= 0.6 is 11.3 Å². The van der Waals surface area contributed by atoms with Crippen molar-refractivity contribution < 1.29 is 9.53 Å². The van der Waals surface area contributed by atoms with Crippen molar-refractivity contribution in [3.63, 3.8) is 0 Å². The number of hydrogen-bond acceptors (Lipinski definition) is 4. The molecule has 0 atom stereocenters. The Kier molecular flexibility index (Phi) is 7.40. The van der Waals surface area contributed by atoms with E-state index in [9.17, 15) is 4.79 Å². The number of nitrogens with one attached hydrogen (secondary N) is 1. The number of thiophene rings is 1. The van der Waals surface area contributed by atoms with Gasteiger partial charge in [0, 0.05) is 17.1 Å². The Morgan fingerprint density at radius 1 is 0.971 bits per heavy atom. The summed E-state index contributed by atoms with van der Waals surface area (Å²) >= 11 is 1.70. The smallest absolute Gasteiger partial charge is 0.254 e. The maximum Gasteiger partial charge on any atom is 0.254 e. The highest BCUT2D eigenvalue weighted by molar-refractivity contribution is 7.16. The first-order valence-corrected chi connectivity index (χ1v) is 13.3. The highest BCUT2D eigenvalue weighted by Crippen LogP contribution is 2.40. The van der Waals surface area contributed by atoms with Gasteiger partial charge in [0.05, 0.1) is 5.56 Å². The first-order chi connectivity index (χ1) is 16.8. The molecule has 1 fully saturated rings. The lowest BCUT2D eigenvalue weighted by atomic mass is 9.93. The lowest BCUT2D eigenvalue weighted by molar-refractivity contribution is 0.0927. The number of aliphatic imine (C=N–C) groups is 1. The molecule has 5 rings (SSSR count). The highest BCUT2D eigenvalue weighted by atomic mass is 32.1. The number of hydrogen-bond donors (Lipinski definition) is 1. The number of aryl methyl sites for hydroxylation is 1. The Balaban J connectivity index is 1.29. The summed E-state index contributed by atoms with van der Waals surface area (Å²) in [6.07, 6.45) is 12.2. The molecule has 1 aromatic heterocycles. The Morgan fingerprint density at radius 3 is 2.53 bits per heavy atom. The van der Waals surface area contributed by atoms with Crippen LogP contribution in [0.5, 0.6) is 5.75 Å². The molecular weight excluding hydrogens is 440 g/mol. The Bertz CT molecular complexity index is 1130. The van der Waals surface area contributed by atoms with Gasteiger partial charge in [-0.2, -0.15) is 0 Å². The van der Waals surface area contributed by atoms with Gasteiger partial charge in [-0.05, 0) is 79.5 Å². The molecule has 0 radical (unpaired) electrons. The van der Waals surface area contributed by atoms with Crippen molar-refractivity contribution in [3.8, 4) is 5.75 Å². The zero-order valence-corrected chi connectivity index (χ0v) is 20.4. The third-order valence-corrected chi connectivity index (χ3v) is 7.98. The molecule has 0 unspecified atom stereocenters. The van der Waals surface area contributed by atoms with Gasteiger partial charge in [0.2, 0.25) is 0 Å². The fourth-order valence-electron chi connectivity index (χ4n) is 4.91. The molecule has 34 heavy (non-hydrogen) atoms. The van der Waals surface area contributed by atoms with Crippen LogP contribution in [0.15, 0.2) is 59.6 Å². The minimum atomic E-state index is 0.0723. The van der Waals surface area contributed by atoms with Crippen LogP contribution in [0.1, 0.15) is 76.9 Å². The van der Waals surface area contributed by atoms with E-state index in [1.165, 1.54) is 36.1 Å². The molecule has 1 amide bonds. The third kappa shape index (κ3) is 5.58. The molecule has 0 bridgehead atoms. The summed E-state index contributed by atoms with van der Waals surface area (Å²) in [5, 5.41) is 4.17. The van der Waals surface area contributed by atoms with Gasteiger partial charge in [-0.3, -0.25) is 4.79 Å². The number of carbonyl (C=O) groups excluding carboxylic acids is 1. The molecule has 0 saturated heterocycles. The van der Waals surface area contributed by atoms with Gasteiger partial charge in [-0.25, -0.2) is 4.99 Å². The number of rotatable bonds is 7. The number of nitrogens with zero attached hydrogens (tertiary/aromatic N) is 1. The minimum absolute atomic E-state index is 0.0723. The molecule has 1 N–H and O–H groups in total. The van der Waals surface area contributed by atoms with Crippen LogP contribution in [0.25, 0.3) is 0 Å². The average molecular weight is 473 g/mol. The topological polar surface area (TPSA) is 50.7 Å². The predicted octanol–water partition coefficient (Wildman–Crippen LogP) is 7.02. The zero-order chi connectivity index (χ0) is 23.2. The van der Waals surface area contributed by atoms with E-state index in [2.05, 4.69) is 17.4 Å². The number of ether oxygens (including phenoxy) is 1. The molecule has 0 spiro atoms. The molecule has 4 nitrogen and oxygen atoms in total. The summed E-state index contributed by atoms with van der Waals surface area (Å²) in [4.78, 5) is 19.5. The Hall–Kier alpha value is -2.92. The van der Waals surface area contributed by atoms with Gasteiger partial charge in [0.15, 0.2) is 0 Å². The standard InChI is InChI=1S/C29H32N2O2S/c32-28(31-23-11-5-2-6-12-23)27-25-13-7-8-14-26(25)34-29(27)30-19-21-15-17-24(18-16-21)33-20-22-9-3-1-4-10-22/h1,3-4,9-10,15-19,23H,2,5-8,11-14,20H2,(H,31,32)/b30-19+. The van der Waals surface area contributed by atoms with Crippen molar-refractivity contribution in [1.29, 1.82) is 0 Å². The van der Waals surface area contributed by atoms with E-state index >= 15 is 0 Å². The van der Waals surface area contributed by atoms with Crippen LogP contribution in [-0.4, -0.2) is 18.2 Å². The second-order valence-electron chi connectivity index (χ2n) is 9.30. The summed E-state index contributed by atoms with van der Waals surface area (Å²) < 4.78 is 5.89. The molecule has 5 heteroatoms. The van der Waals surface area contributed by atoms with Gasteiger partial charge in [0.25, 0.3) is 5.91 Å². The first kappa shape index (κ1) is 22.9. The monoisotopic (exact) mass is 472 g/mol. The molecule has 0 aliphatic heterocycles. The summed E-state index contributed by atoms with van der Waals surface area (Å²) in [6, 6.07) is 18.4. The van der Waals surface area contributed by atoms with E-state index in [0.29, 0.717) is 12.6 Å². The van der Waals surface area contributed by atoms with Gasteiger partial charge < -0.3 is 10.1 Å². The van der Waals surface area contributed by atoms with Crippen molar-refractivity contribution >= 4 is 28.5 Å². The van der Waals surface area contributed by atoms with Crippen LogP contribution < -0.4 is 10.1 Å². The normalized spacial score (nSPS) is 16.4. The van der Waals surface area contributed by atoms with E-state index in [0.717, 1.165) is 59.5 Å². The van der Waals surface area contributed by atoms with Gasteiger partial charge >= 0.3 is 0 Å². The maximum atomic E-state index is 13.3. The number of fused-ring (bicyclic) bond motifs is 1. The van der Waals surface area contributed by atoms with Crippen LogP contribution in [0.2, 0.25) is 0 Å². The molecule has 3 aromatic rings. The fourth-order valence-corrected chi connectivity index (χ4v) is 6.14. The third-order valence-electron chi connectivity index (χ3n) is 6.78. The highest BCUT2D eigenvalue weighted by Gasteiger charge is 2.27. The second-order valence-corrected chi connectivity index (χ2v) is 10.4. The minimum Gasteiger partial charge on any atom is -0.489 e. The van der Waals surface area contributed by atoms with Crippen LogP contribution in [0.3, 0.4) is 0 Å². The van der Waals surface area contributed by atoms with Crippen molar-refractivity contribution in [2.24, 2.45) is 4.99 Å². The lowest BCUT2D eigenvalue weighted by Crippen LogP contribution is -2.36. The lowest BCUT2D eigenvalue weighted by Gasteiger charge is -2.23. The molecule has 1 heterocycles. The molecule has 176 valence electrons. The van der Waals surface area contributed by atoms with E-state index in [4.69, 9.17) is 9.73 Å². The Labute approximate surface area is 206 Å². The SMILES string of the molecule is O=C(NC1CCCCC1)c1c(/N=C/c2ccc(OCc3ccccc3)cc2)sc2c1CCCC2. The summed E-state index contributed by atoms with van der Waals surface area (Å²) in [7, 11) is 0. The summed E-state index contributed by atoms with van der Waals surface area (Å²) in [5.41, 5.74) is 4.21. The van der Waals surface area contributed by atoms with E-state index < -0.39 is 0 Å². The van der Waals surface area contributed by atoms with Crippen LogP contribution in [0, 0.1) is 0 Å². The molecule has 2 aliphatic carbocycles. The van der Waals surface area contributed by atoms with Gasteiger partial charge in [0.1, 0.15) is 17.4 Å². The molecule has 1 saturated carbocycles. The van der Waals surface area contributed by atoms with E-state index in [1.54, 1.807) is 11.3 Å². The Morgan fingerprint density at radius 2 is 1.74 bits per heavy atom. The summed E-state index contributed by atoms with van der Waals surface area (Å²) in [5.74, 6) is 0.906. The average Bonchev–Trinajstić information content (AvgIpc) is 3.27. The number of carbonyl (C=O) groups is 1. The summed E-state index contributed by atoms with van der Waals surface area (Å²) in [6.45, 7) is 0.550. The van der Waals surface area contributed by atoms with Crippen molar-refractivity contribution in [2.45, 2.75) is 70.4 Å². The van der Waals surface area contributed by atoms with Crippen LogP contribution in [0.4, 0.5) is 5.00 Å². The largest absolute Gasteiger partial charge is 0.489 e. The van der Waals surface area contributed by atoms with E-state index in [-0.39, 0.29) is 5.91 Å². The maximum absolute atomic E-state index is 13.3.